The van der Waals surface area contributed by atoms with Crippen molar-refractivity contribution in [3.05, 3.63) is 65.0 Å². The SMILES string of the molecule is Cc1ccc(OCC(C)NC(=O)CN(Cc2ccccc2F)S(C)(=O)=O)cc1C. The number of rotatable bonds is 9. The molecule has 0 saturated heterocycles. The van der Waals surface area contributed by atoms with E-state index < -0.39 is 28.3 Å². The number of hydrogen-bond donors (Lipinski definition) is 1. The second kappa shape index (κ2) is 9.84. The zero-order valence-electron chi connectivity index (χ0n) is 17.1. The van der Waals surface area contributed by atoms with E-state index in [1.165, 1.54) is 18.2 Å². The molecule has 0 aromatic heterocycles. The second-order valence-electron chi connectivity index (χ2n) is 7.15. The molecule has 0 fully saturated rings. The van der Waals surface area contributed by atoms with Gasteiger partial charge in [-0.15, -0.1) is 0 Å². The minimum Gasteiger partial charge on any atom is -0.491 e. The van der Waals surface area contributed by atoms with E-state index in [9.17, 15) is 17.6 Å². The average Bonchev–Trinajstić information content (AvgIpc) is 2.63. The molecular formula is C21H27FN2O4S. The molecule has 0 aliphatic carbocycles. The van der Waals surface area contributed by atoms with Crippen molar-refractivity contribution in [2.75, 3.05) is 19.4 Å². The first kappa shape index (κ1) is 22.8. The number of hydrogen-bond acceptors (Lipinski definition) is 4. The number of amides is 1. The maximum Gasteiger partial charge on any atom is 0.235 e. The minimum absolute atomic E-state index is 0.205. The van der Waals surface area contributed by atoms with Crippen LogP contribution in [0.25, 0.3) is 0 Å². The van der Waals surface area contributed by atoms with Crippen LogP contribution in [0.1, 0.15) is 23.6 Å². The largest absolute Gasteiger partial charge is 0.491 e. The number of carbonyl (C=O) groups is 1. The summed E-state index contributed by atoms with van der Waals surface area (Å²) >= 11 is 0. The summed E-state index contributed by atoms with van der Waals surface area (Å²) in [5, 5.41) is 2.72. The molecule has 158 valence electrons. The lowest BCUT2D eigenvalue weighted by molar-refractivity contribution is -0.122. The molecule has 0 aliphatic rings. The van der Waals surface area contributed by atoms with Gasteiger partial charge in [0.15, 0.2) is 0 Å². The van der Waals surface area contributed by atoms with E-state index in [0.717, 1.165) is 21.7 Å². The summed E-state index contributed by atoms with van der Waals surface area (Å²) in [6, 6.07) is 11.3. The summed E-state index contributed by atoms with van der Waals surface area (Å²) in [6.07, 6.45) is 0.993. The molecule has 0 heterocycles. The number of ether oxygens (including phenoxy) is 1. The molecule has 0 saturated carbocycles. The van der Waals surface area contributed by atoms with Gasteiger partial charge in [0.25, 0.3) is 0 Å². The Hall–Kier alpha value is -2.45. The molecule has 29 heavy (non-hydrogen) atoms. The van der Waals surface area contributed by atoms with Crippen LogP contribution in [-0.4, -0.2) is 44.1 Å². The van der Waals surface area contributed by atoms with Crippen LogP contribution in [0.5, 0.6) is 5.75 Å². The summed E-state index contributed by atoms with van der Waals surface area (Å²) in [5.74, 6) is -0.300. The van der Waals surface area contributed by atoms with E-state index in [1.807, 2.05) is 32.0 Å². The number of benzene rings is 2. The normalized spacial score (nSPS) is 12.6. The van der Waals surface area contributed by atoms with Crippen LogP contribution in [-0.2, 0) is 21.4 Å². The van der Waals surface area contributed by atoms with Crippen molar-refractivity contribution in [1.29, 1.82) is 0 Å². The first-order valence-corrected chi connectivity index (χ1v) is 11.1. The van der Waals surface area contributed by atoms with E-state index in [4.69, 9.17) is 4.74 Å². The van der Waals surface area contributed by atoms with Gasteiger partial charge in [0.1, 0.15) is 18.2 Å². The first-order valence-electron chi connectivity index (χ1n) is 9.24. The maximum absolute atomic E-state index is 13.9. The molecule has 0 bridgehead atoms. The Kier molecular flexibility index (Phi) is 7.75. The third-order valence-corrected chi connectivity index (χ3v) is 5.68. The molecule has 0 spiro atoms. The van der Waals surface area contributed by atoms with Gasteiger partial charge in [-0.3, -0.25) is 4.79 Å². The molecule has 8 heteroatoms. The molecule has 0 radical (unpaired) electrons. The van der Waals surface area contributed by atoms with Crippen molar-refractivity contribution < 1.29 is 22.3 Å². The lowest BCUT2D eigenvalue weighted by atomic mass is 10.1. The Labute approximate surface area is 171 Å². The van der Waals surface area contributed by atoms with E-state index >= 15 is 0 Å². The smallest absolute Gasteiger partial charge is 0.235 e. The quantitative estimate of drug-likeness (QED) is 0.674. The fourth-order valence-corrected chi connectivity index (χ4v) is 3.38. The maximum atomic E-state index is 13.9. The van der Waals surface area contributed by atoms with Crippen LogP contribution < -0.4 is 10.1 Å². The summed E-state index contributed by atoms with van der Waals surface area (Å²) < 4.78 is 44.6. The standard InChI is InChI=1S/C21H27FN2O4S/c1-15-9-10-19(11-16(15)2)28-14-17(3)23-21(25)13-24(29(4,26)27)12-18-7-5-6-8-20(18)22/h5-11,17H,12-14H2,1-4H3,(H,23,25). The van der Waals surface area contributed by atoms with Crippen LogP contribution in [0, 0.1) is 19.7 Å². The zero-order chi connectivity index (χ0) is 21.6. The van der Waals surface area contributed by atoms with E-state index in [0.29, 0.717) is 5.75 Å². The van der Waals surface area contributed by atoms with Gasteiger partial charge < -0.3 is 10.1 Å². The molecule has 2 aromatic rings. The van der Waals surface area contributed by atoms with Crippen LogP contribution in [0.3, 0.4) is 0 Å². The molecule has 0 aliphatic heterocycles. The van der Waals surface area contributed by atoms with Crippen molar-refractivity contribution in [2.24, 2.45) is 0 Å². The van der Waals surface area contributed by atoms with Crippen LogP contribution >= 0.6 is 0 Å². The van der Waals surface area contributed by atoms with E-state index in [1.54, 1.807) is 13.0 Å². The van der Waals surface area contributed by atoms with Crippen molar-refractivity contribution in [3.8, 4) is 5.75 Å². The molecule has 1 N–H and O–H groups in total. The van der Waals surface area contributed by atoms with Crippen LogP contribution in [0.15, 0.2) is 42.5 Å². The Balaban J connectivity index is 1.93. The third kappa shape index (κ3) is 7.14. The highest BCUT2D eigenvalue weighted by Crippen LogP contribution is 2.16. The highest BCUT2D eigenvalue weighted by atomic mass is 32.2. The molecular weight excluding hydrogens is 395 g/mol. The minimum atomic E-state index is -3.70. The Bertz CT molecular complexity index is 963. The molecule has 1 atom stereocenters. The van der Waals surface area contributed by atoms with Gasteiger partial charge in [0, 0.05) is 12.1 Å². The molecule has 2 aromatic carbocycles. The summed E-state index contributed by atoms with van der Waals surface area (Å²) in [6.45, 7) is 5.38. The van der Waals surface area contributed by atoms with Gasteiger partial charge in [-0.25, -0.2) is 12.8 Å². The van der Waals surface area contributed by atoms with Gasteiger partial charge in [-0.1, -0.05) is 24.3 Å². The Morgan fingerprint density at radius 1 is 1.17 bits per heavy atom. The van der Waals surface area contributed by atoms with E-state index in [-0.39, 0.29) is 24.8 Å². The molecule has 2 rings (SSSR count). The second-order valence-corrected chi connectivity index (χ2v) is 9.13. The highest BCUT2D eigenvalue weighted by Gasteiger charge is 2.22. The monoisotopic (exact) mass is 422 g/mol. The predicted octanol–water partition coefficient (Wildman–Crippen LogP) is 2.79. The van der Waals surface area contributed by atoms with Gasteiger partial charge >= 0.3 is 0 Å². The number of nitrogens with zero attached hydrogens (tertiary/aromatic N) is 1. The average molecular weight is 423 g/mol. The first-order chi connectivity index (χ1) is 13.6. The number of carbonyl (C=O) groups excluding carboxylic acids is 1. The van der Waals surface area contributed by atoms with Gasteiger partial charge in [0.05, 0.1) is 18.8 Å². The molecule has 1 unspecified atom stereocenters. The fourth-order valence-electron chi connectivity index (χ4n) is 2.65. The van der Waals surface area contributed by atoms with Gasteiger partial charge in [0.2, 0.25) is 15.9 Å². The summed E-state index contributed by atoms with van der Waals surface area (Å²) in [5.41, 5.74) is 2.47. The summed E-state index contributed by atoms with van der Waals surface area (Å²) in [7, 11) is -3.70. The Morgan fingerprint density at radius 2 is 1.86 bits per heavy atom. The topological polar surface area (TPSA) is 75.7 Å². The molecule has 1 amide bonds. The van der Waals surface area contributed by atoms with Crippen LogP contribution in [0.4, 0.5) is 4.39 Å². The number of sulfonamides is 1. The van der Waals surface area contributed by atoms with E-state index in [2.05, 4.69) is 5.32 Å². The van der Waals surface area contributed by atoms with Crippen molar-refractivity contribution in [2.45, 2.75) is 33.4 Å². The van der Waals surface area contributed by atoms with Gasteiger partial charge in [-0.2, -0.15) is 4.31 Å². The Morgan fingerprint density at radius 3 is 2.48 bits per heavy atom. The number of nitrogens with one attached hydrogen (secondary N) is 1. The molecule has 6 nitrogen and oxygen atoms in total. The lowest BCUT2D eigenvalue weighted by Crippen LogP contribution is -2.44. The van der Waals surface area contributed by atoms with Crippen molar-refractivity contribution >= 4 is 15.9 Å². The third-order valence-electron chi connectivity index (χ3n) is 4.48. The number of aryl methyl sites for hydroxylation is 2. The van der Waals surface area contributed by atoms with Gasteiger partial charge in [-0.05, 0) is 50.1 Å². The van der Waals surface area contributed by atoms with Crippen molar-refractivity contribution in [3.63, 3.8) is 0 Å². The van der Waals surface area contributed by atoms with Crippen LogP contribution in [0.2, 0.25) is 0 Å². The zero-order valence-corrected chi connectivity index (χ0v) is 17.9. The predicted molar refractivity (Wildman–Crippen MR) is 111 cm³/mol. The van der Waals surface area contributed by atoms with Crippen molar-refractivity contribution in [1.82, 2.24) is 9.62 Å². The fraction of sp³-hybridized carbons (Fsp3) is 0.381. The summed E-state index contributed by atoms with van der Waals surface area (Å²) in [4.78, 5) is 12.3. The lowest BCUT2D eigenvalue weighted by Gasteiger charge is -2.21. The number of halogens is 1. The highest BCUT2D eigenvalue weighted by molar-refractivity contribution is 7.88.